The highest BCUT2D eigenvalue weighted by molar-refractivity contribution is 5.80. The molecule has 1 aliphatic carbocycles. The second-order valence-corrected chi connectivity index (χ2v) is 5.81. The monoisotopic (exact) mass is 318 g/mol. The molecule has 0 heterocycles. The molecule has 23 heavy (non-hydrogen) atoms. The third-order valence-electron chi connectivity index (χ3n) is 3.91. The SMILES string of the molecule is CN=C(NCc1cccc(OCC(N)=O)c1)NC1CCCCC1. The van der Waals surface area contributed by atoms with Gasteiger partial charge in [-0.1, -0.05) is 31.4 Å². The minimum Gasteiger partial charge on any atom is -0.484 e. The van der Waals surface area contributed by atoms with E-state index in [-0.39, 0.29) is 6.61 Å². The number of ether oxygens (including phenoxy) is 1. The van der Waals surface area contributed by atoms with E-state index in [1.54, 1.807) is 7.05 Å². The minimum atomic E-state index is -0.481. The number of rotatable bonds is 6. The van der Waals surface area contributed by atoms with Crippen molar-refractivity contribution in [3.05, 3.63) is 29.8 Å². The smallest absolute Gasteiger partial charge is 0.255 e. The molecule has 1 aromatic rings. The van der Waals surface area contributed by atoms with Gasteiger partial charge in [-0.05, 0) is 30.5 Å². The maximum absolute atomic E-state index is 10.8. The largest absolute Gasteiger partial charge is 0.484 e. The fraction of sp³-hybridized carbons (Fsp3) is 0.529. The van der Waals surface area contributed by atoms with Crippen molar-refractivity contribution in [1.82, 2.24) is 10.6 Å². The van der Waals surface area contributed by atoms with Crippen molar-refractivity contribution in [1.29, 1.82) is 0 Å². The summed E-state index contributed by atoms with van der Waals surface area (Å²) in [4.78, 5) is 15.0. The van der Waals surface area contributed by atoms with E-state index in [0.29, 0.717) is 18.3 Å². The molecule has 6 nitrogen and oxygen atoms in total. The third kappa shape index (κ3) is 6.18. The Hall–Kier alpha value is -2.24. The van der Waals surface area contributed by atoms with Crippen LogP contribution >= 0.6 is 0 Å². The molecule has 6 heteroatoms. The number of carbonyl (C=O) groups excluding carboxylic acids is 1. The summed E-state index contributed by atoms with van der Waals surface area (Å²) < 4.78 is 5.31. The van der Waals surface area contributed by atoms with Gasteiger partial charge in [-0.2, -0.15) is 0 Å². The van der Waals surface area contributed by atoms with Crippen LogP contribution in [0, 0.1) is 0 Å². The van der Waals surface area contributed by atoms with Crippen LogP contribution < -0.4 is 21.1 Å². The van der Waals surface area contributed by atoms with E-state index in [4.69, 9.17) is 10.5 Å². The molecule has 126 valence electrons. The van der Waals surface area contributed by atoms with Gasteiger partial charge in [-0.15, -0.1) is 0 Å². The first-order valence-corrected chi connectivity index (χ1v) is 8.14. The van der Waals surface area contributed by atoms with E-state index >= 15 is 0 Å². The molecule has 1 saturated carbocycles. The van der Waals surface area contributed by atoms with Crippen molar-refractivity contribution in [3.63, 3.8) is 0 Å². The second kappa shape index (κ2) is 9.02. The fourth-order valence-corrected chi connectivity index (χ4v) is 2.72. The third-order valence-corrected chi connectivity index (χ3v) is 3.91. The van der Waals surface area contributed by atoms with Crippen LogP contribution in [0.3, 0.4) is 0 Å². The summed E-state index contributed by atoms with van der Waals surface area (Å²) >= 11 is 0. The summed E-state index contributed by atoms with van der Waals surface area (Å²) in [6.07, 6.45) is 6.32. The van der Waals surface area contributed by atoms with Crippen LogP contribution in [0.15, 0.2) is 29.3 Å². The molecule has 1 fully saturated rings. The van der Waals surface area contributed by atoms with Crippen LogP contribution in [-0.4, -0.2) is 31.6 Å². The number of hydrogen-bond donors (Lipinski definition) is 3. The van der Waals surface area contributed by atoms with Gasteiger partial charge in [0.15, 0.2) is 12.6 Å². The molecular weight excluding hydrogens is 292 g/mol. The first-order chi connectivity index (χ1) is 11.2. The van der Waals surface area contributed by atoms with Gasteiger partial charge in [0.25, 0.3) is 5.91 Å². The van der Waals surface area contributed by atoms with E-state index < -0.39 is 5.91 Å². The average molecular weight is 318 g/mol. The molecule has 2 rings (SSSR count). The lowest BCUT2D eigenvalue weighted by atomic mass is 9.96. The van der Waals surface area contributed by atoms with Crippen LogP contribution in [0.1, 0.15) is 37.7 Å². The summed E-state index contributed by atoms with van der Waals surface area (Å²) in [7, 11) is 1.78. The standard InChI is InChI=1S/C17H26N4O2/c1-19-17(21-14-7-3-2-4-8-14)20-11-13-6-5-9-15(10-13)23-12-16(18)22/h5-6,9-10,14H,2-4,7-8,11-12H2,1H3,(H2,18,22)(H2,19,20,21). The summed E-state index contributed by atoms with van der Waals surface area (Å²) in [6.45, 7) is 0.530. The van der Waals surface area contributed by atoms with Crippen LogP contribution in [0.2, 0.25) is 0 Å². The zero-order valence-electron chi connectivity index (χ0n) is 13.7. The molecular formula is C17H26N4O2. The Morgan fingerprint density at radius 3 is 2.83 bits per heavy atom. The summed E-state index contributed by atoms with van der Waals surface area (Å²) in [6, 6.07) is 8.11. The Bertz CT molecular complexity index is 539. The molecule has 0 bridgehead atoms. The Morgan fingerprint density at radius 2 is 2.13 bits per heavy atom. The van der Waals surface area contributed by atoms with Crippen molar-refractivity contribution in [2.45, 2.75) is 44.7 Å². The van der Waals surface area contributed by atoms with Crippen LogP contribution in [0.5, 0.6) is 5.75 Å². The molecule has 0 spiro atoms. The number of hydrogen-bond acceptors (Lipinski definition) is 3. The van der Waals surface area contributed by atoms with Gasteiger partial charge >= 0.3 is 0 Å². The Morgan fingerprint density at radius 1 is 1.35 bits per heavy atom. The molecule has 4 N–H and O–H groups in total. The first-order valence-electron chi connectivity index (χ1n) is 8.14. The highest BCUT2D eigenvalue weighted by Gasteiger charge is 2.14. The summed E-state index contributed by atoms with van der Waals surface area (Å²) in [5.74, 6) is 0.976. The molecule has 0 radical (unpaired) electrons. The van der Waals surface area contributed by atoms with Crippen molar-refractivity contribution in [2.75, 3.05) is 13.7 Å². The molecule has 1 aliphatic rings. The van der Waals surface area contributed by atoms with Gasteiger partial charge in [-0.25, -0.2) is 0 Å². The van der Waals surface area contributed by atoms with Gasteiger partial charge in [0.2, 0.25) is 0 Å². The minimum absolute atomic E-state index is 0.109. The predicted molar refractivity (Wildman–Crippen MR) is 91.3 cm³/mol. The number of aliphatic imine (C=N–C) groups is 1. The lowest BCUT2D eigenvalue weighted by Gasteiger charge is -2.24. The maximum Gasteiger partial charge on any atom is 0.255 e. The van der Waals surface area contributed by atoms with Gasteiger partial charge < -0.3 is 21.1 Å². The zero-order chi connectivity index (χ0) is 16.5. The van der Waals surface area contributed by atoms with E-state index in [1.807, 2.05) is 24.3 Å². The number of nitrogens with zero attached hydrogens (tertiary/aromatic N) is 1. The van der Waals surface area contributed by atoms with Crippen LogP contribution in [0.25, 0.3) is 0 Å². The number of nitrogens with two attached hydrogens (primary N) is 1. The predicted octanol–water partition coefficient (Wildman–Crippen LogP) is 1.55. The van der Waals surface area contributed by atoms with Gasteiger partial charge in [0.05, 0.1) is 0 Å². The molecule has 0 atom stereocenters. The van der Waals surface area contributed by atoms with Crippen LogP contribution in [-0.2, 0) is 11.3 Å². The highest BCUT2D eigenvalue weighted by Crippen LogP contribution is 2.17. The summed E-state index contributed by atoms with van der Waals surface area (Å²) in [5, 5.41) is 6.79. The Kier molecular flexibility index (Phi) is 6.72. The number of primary amides is 1. The molecule has 0 unspecified atom stereocenters. The number of amides is 1. The lowest BCUT2D eigenvalue weighted by Crippen LogP contribution is -2.43. The topological polar surface area (TPSA) is 88.7 Å². The zero-order valence-corrected chi connectivity index (χ0v) is 13.7. The van der Waals surface area contributed by atoms with Gasteiger partial charge in [-0.3, -0.25) is 9.79 Å². The number of nitrogens with one attached hydrogen (secondary N) is 2. The van der Waals surface area contributed by atoms with Crippen LogP contribution in [0.4, 0.5) is 0 Å². The number of carbonyl (C=O) groups is 1. The van der Waals surface area contributed by atoms with Crippen molar-refractivity contribution in [3.8, 4) is 5.75 Å². The highest BCUT2D eigenvalue weighted by atomic mass is 16.5. The normalized spacial score (nSPS) is 16.0. The molecule has 0 aliphatic heterocycles. The molecule has 1 aromatic carbocycles. The van der Waals surface area contributed by atoms with Crippen molar-refractivity contribution in [2.24, 2.45) is 10.7 Å². The summed E-state index contributed by atoms with van der Waals surface area (Å²) in [5.41, 5.74) is 6.14. The Labute approximate surface area is 137 Å². The van der Waals surface area contributed by atoms with E-state index in [1.165, 1.54) is 32.1 Å². The van der Waals surface area contributed by atoms with E-state index in [9.17, 15) is 4.79 Å². The number of guanidine groups is 1. The van der Waals surface area contributed by atoms with E-state index in [0.717, 1.165) is 11.5 Å². The average Bonchev–Trinajstić information content (AvgIpc) is 2.58. The number of benzene rings is 1. The molecule has 0 saturated heterocycles. The quantitative estimate of drug-likeness (QED) is 0.548. The second-order valence-electron chi connectivity index (χ2n) is 5.81. The maximum atomic E-state index is 10.8. The lowest BCUT2D eigenvalue weighted by molar-refractivity contribution is -0.119. The first kappa shape index (κ1) is 17.1. The van der Waals surface area contributed by atoms with Crippen molar-refractivity contribution >= 4 is 11.9 Å². The van der Waals surface area contributed by atoms with E-state index in [2.05, 4.69) is 15.6 Å². The fourth-order valence-electron chi connectivity index (χ4n) is 2.72. The molecule has 1 amide bonds. The van der Waals surface area contributed by atoms with Crippen molar-refractivity contribution < 1.29 is 9.53 Å². The van der Waals surface area contributed by atoms with Gasteiger partial charge in [0, 0.05) is 19.6 Å². The van der Waals surface area contributed by atoms with Gasteiger partial charge in [0.1, 0.15) is 5.75 Å². The molecule has 0 aromatic heterocycles. The Balaban J connectivity index is 1.83.